The SMILES string of the molecule is COc1ccccc1CN(C)C(=O)CSc1nnc(N2CCCCC2)n1Cc1ccco1. The third kappa shape index (κ3) is 5.27. The summed E-state index contributed by atoms with van der Waals surface area (Å²) < 4.78 is 13.0. The number of amides is 1. The van der Waals surface area contributed by atoms with Crippen molar-refractivity contribution in [1.82, 2.24) is 19.7 Å². The molecule has 32 heavy (non-hydrogen) atoms. The molecule has 0 radical (unpaired) electrons. The fraction of sp³-hybridized carbons (Fsp3) is 0.435. The van der Waals surface area contributed by atoms with E-state index in [-0.39, 0.29) is 11.7 Å². The van der Waals surface area contributed by atoms with Crippen molar-refractivity contribution < 1.29 is 13.9 Å². The number of benzene rings is 1. The van der Waals surface area contributed by atoms with Crippen molar-refractivity contribution in [3.05, 3.63) is 54.0 Å². The van der Waals surface area contributed by atoms with E-state index < -0.39 is 0 Å². The van der Waals surface area contributed by atoms with Crippen LogP contribution in [-0.2, 0) is 17.9 Å². The van der Waals surface area contributed by atoms with Crippen LogP contribution in [-0.4, -0.2) is 58.6 Å². The molecule has 4 rings (SSSR count). The predicted octanol–water partition coefficient (Wildman–Crippen LogP) is 3.67. The van der Waals surface area contributed by atoms with Crippen molar-refractivity contribution in [3.8, 4) is 5.75 Å². The molecule has 1 amide bonds. The number of furan rings is 1. The van der Waals surface area contributed by atoms with Gasteiger partial charge in [0.15, 0.2) is 5.16 Å². The lowest BCUT2D eigenvalue weighted by atomic mass is 10.1. The van der Waals surface area contributed by atoms with Gasteiger partial charge in [-0.2, -0.15) is 0 Å². The number of nitrogens with zero attached hydrogens (tertiary/aromatic N) is 5. The van der Waals surface area contributed by atoms with E-state index in [1.54, 1.807) is 18.3 Å². The summed E-state index contributed by atoms with van der Waals surface area (Å²) in [4.78, 5) is 16.8. The lowest BCUT2D eigenvalue weighted by molar-refractivity contribution is -0.127. The molecule has 3 heterocycles. The van der Waals surface area contributed by atoms with Crippen LogP contribution in [0.5, 0.6) is 5.75 Å². The molecule has 0 aliphatic carbocycles. The zero-order valence-electron chi connectivity index (χ0n) is 18.6. The van der Waals surface area contributed by atoms with Crippen molar-refractivity contribution in [2.24, 2.45) is 0 Å². The summed E-state index contributed by atoms with van der Waals surface area (Å²) in [5.41, 5.74) is 0.976. The Morgan fingerprint density at radius 3 is 2.72 bits per heavy atom. The smallest absolute Gasteiger partial charge is 0.233 e. The Morgan fingerprint density at radius 2 is 1.97 bits per heavy atom. The molecule has 1 aliphatic rings. The van der Waals surface area contributed by atoms with Crippen LogP contribution in [0.4, 0.5) is 5.95 Å². The van der Waals surface area contributed by atoms with Crippen LogP contribution in [0.25, 0.3) is 0 Å². The third-order valence-corrected chi connectivity index (χ3v) is 6.53. The largest absolute Gasteiger partial charge is 0.496 e. The minimum Gasteiger partial charge on any atom is -0.496 e. The quantitative estimate of drug-likeness (QED) is 0.456. The highest BCUT2D eigenvalue weighted by molar-refractivity contribution is 7.99. The van der Waals surface area contributed by atoms with Gasteiger partial charge in [-0.1, -0.05) is 30.0 Å². The molecule has 3 aromatic rings. The lowest BCUT2D eigenvalue weighted by Gasteiger charge is -2.27. The maximum absolute atomic E-state index is 12.8. The van der Waals surface area contributed by atoms with E-state index in [1.165, 1.54) is 18.2 Å². The number of ether oxygens (including phenoxy) is 1. The molecule has 1 saturated heterocycles. The first-order chi connectivity index (χ1) is 15.7. The molecule has 0 unspecified atom stereocenters. The fourth-order valence-electron chi connectivity index (χ4n) is 3.83. The van der Waals surface area contributed by atoms with Crippen LogP contribution < -0.4 is 9.64 Å². The summed E-state index contributed by atoms with van der Waals surface area (Å²) in [7, 11) is 3.45. The Bertz CT molecular complexity index is 1010. The van der Waals surface area contributed by atoms with E-state index in [1.807, 2.05) is 43.4 Å². The molecular formula is C23H29N5O3S. The summed E-state index contributed by atoms with van der Waals surface area (Å²) in [5, 5.41) is 9.61. The summed E-state index contributed by atoms with van der Waals surface area (Å²) in [6.45, 7) is 2.98. The number of hydrogen-bond acceptors (Lipinski definition) is 7. The summed E-state index contributed by atoms with van der Waals surface area (Å²) in [6.07, 6.45) is 5.23. The number of carbonyl (C=O) groups excluding carboxylic acids is 1. The first-order valence-electron chi connectivity index (χ1n) is 10.8. The minimum atomic E-state index is 0.0213. The van der Waals surface area contributed by atoms with E-state index in [0.717, 1.165) is 54.1 Å². The molecule has 1 fully saturated rings. The Hall–Kier alpha value is -2.94. The van der Waals surface area contributed by atoms with Crippen LogP contribution in [0.15, 0.2) is 52.2 Å². The van der Waals surface area contributed by atoms with Crippen LogP contribution in [0, 0.1) is 0 Å². The van der Waals surface area contributed by atoms with Crippen molar-refractivity contribution in [2.75, 3.05) is 37.9 Å². The first kappa shape index (κ1) is 22.3. The molecule has 0 spiro atoms. The Balaban J connectivity index is 1.44. The van der Waals surface area contributed by atoms with Gasteiger partial charge in [0.1, 0.15) is 11.5 Å². The maximum atomic E-state index is 12.8. The fourth-order valence-corrected chi connectivity index (χ4v) is 4.70. The molecule has 0 bridgehead atoms. The second kappa shape index (κ2) is 10.6. The zero-order valence-corrected chi connectivity index (χ0v) is 19.4. The van der Waals surface area contributed by atoms with E-state index in [0.29, 0.717) is 13.1 Å². The number of hydrogen-bond donors (Lipinski definition) is 0. The Morgan fingerprint density at radius 1 is 1.16 bits per heavy atom. The molecule has 8 nitrogen and oxygen atoms in total. The highest BCUT2D eigenvalue weighted by Gasteiger charge is 2.22. The number of thioether (sulfide) groups is 1. The molecule has 0 saturated carbocycles. The molecule has 1 aliphatic heterocycles. The number of rotatable bonds is 9. The number of aromatic nitrogens is 3. The Labute approximate surface area is 192 Å². The third-order valence-electron chi connectivity index (χ3n) is 5.58. The summed E-state index contributed by atoms with van der Waals surface area (Å²) >= 11 is 1.41. The van der Waals surface area contributed by atoms with E-state index in [2.05, 4.69) is 19.7 Å². The highest BCUT2D eigenvalue weighted by Crippen LogP contribution is 2.26. The molecule has 0 atom stereocenters. The van der Waals surface area contributed by atoms with Gasteiger partial charge in [0, 0.05) is 32.2 Å². The topological polar surface area (TPSA) is 76.6 Å². The summed E-state index contributed by atoms with van der Waals surface area (Å²) in [5.74, 6) is 2.77. The van der Waals surface area contributed by atoms with Gasteiger partial charge in [0.2, 0.25) is 11.9 Å². The molecule has 2 aromatic heterocycles. The lowest BCUT2D eigenvalue weighted by Crippen LogP contribution is -2.32. The first-order valence-corrected chi connectivity index (χ1v) is 11.8. The standard InChI is InChI=1S/C23H29N5O3S/c1-26(15-18-9-4-5-11-20(18)30-2)21(29)17-32-23-25-24-22(27-12-6-3-7-13-27)28(23)16-19-10-8-14-31-19/h4-5,8-11,14H,3,6-7,12-13,15-17H2,1-2H3. The monoisotopic (exact) mass is 455 g/mol. The van der Waals surface area contributed by atoms with Gasteiger partial charge in [-0.3, -0.25) is 9.36 Å². The maximum Gasteiger partial charge on any atom is 0.233 e. The number of para-hydroxylation sites is 1. The average molecular weight is 456 g/mol. The number of piperidine rings is 1. The molecular weight excluding hydrogens is 426 g/mol. The molecule has 0 N–H and O–H groups in total. The predicted molar refractivity (Wildman–Crippen MR) is 124 cm³/mol. The zero-order chi connectivity index (χ0) is 22.3. The van der Waals surface area contributed by atoms with Crippen molar-refractivity contribution in [1.29, 1.82) is 0 Å². The van der Waals surface area contributed by atoms with Crippen LogP contribution in [0.3, 0.4) is 0 Å². The molecule has 1 aromatic carbocycles. The molecule has 170 valence electrons. The van der Waals surface area contributed by atoms with Crippen molar-refractivity contribution in [2.45, 2.75) is 37.5 Å². The van der Waals surface area contributed by atoms with Crippen LogP contribution in [0.1, 0.15) is 30.6 Å². The van der Waals surface area contributed by atoms with Gasteiger partial charge >= 0.3 is 0 Å². The van der Waals surface area contributed by atoms with E-state index in [4.69, 9.17) is 9.15 Å². The van der Waals surface area contributed by atoms with E-state index in [9.17, 15) is 4.79 Å². The van der Waals surface area contributed by atoms with Crippen LogP contribution >= 0.6 is 11.8 Å². The average Bonchev–Trinajstić information content (AvgIpc) is 3.49. The van der Waals surface area contributed by atoms with Gasteiger partial charge in [-0.05, 0) is 37.5 Å². The van der Waals surface area contributed by atoms with Crippen molar-refractivity contribution >= 4 is 23.6 Å². The summed E-state index contributed by atoms with van der Waals surface area (Å²) in [6, 6.07) is 11.6. The Kier molecular flexibility index (Phi) is 7.36. The van der Waals surface area contributed by atoms with Gasteiger partial charge in [0.05, 0.1) is 25.7 Å². The normalized spacial score (nSPS) is 13.9. The second-order valence-electron chi connectivity index (χ2n) is 7.85. The number of carbonyl (C=O) groups is 1. The van der Waals surface area contributed by atoms with Gasteiger partial charge < -0.3 is 19.0 Å². The minimum absolute atomic E-state index is 0.0213. The van der Waals surface area contributed by atoms with Gasteiger partial charge in [0.25, 0.3) is 0 Å². The number of methoxy groups -OCH3 is 1. The van der Waals surface area contributed by atoms with Gasteiger partial charge in [-0.15, -0.1) is 10.2 Å². The highest BCUT2D eigenvalue weighted by atomic mass is 32.2. The van der Waals surface area contributed by atoms with Crippen molar-refractivity contribution in [3.63, 3.8) is 0 Å². The number of anilines is 1. The van der Waals surface area contributed by atoms with E-state index >= 15 is 0 Å². The molecule has 9 heteroatoms. The second-order valence-corrected chi connectivity index (χ2v) is 8.79. The van der Waals surface area contributed by atoms with Gasteiger partial charge in [-0.25, -0.2) is 0 Å². The van der Waals surface area contributed by atoms with Crippen LogP contribution in [0.2, 0.25) is 0 Å².